The minimum absolute atomic E-state index is 0.216. The molecule has 0 bridgehead atoms. The molecule has 1 fully saturated rings. The van der Waals surface area contributed by atoms with E-state index < -0.39 is 24.2 Å². The number of halogens is 4. The van der Waals surface area contributed by atoms with E-state index in [0.29, 0.717) is 13.0 Å². The molecule has 9 heteroatoms. The third-order valence-electron chi connectivity index (χ3n) is 4.22. The monoisotopic (exact) mass is 363 g/mol. The number of hydrogen-bond acceptors (Lipinski definition) is 4. The Balaban J connectivity index is 1.97. The van der Waals surface area contributed by atoms with E-state index in [9.17, 15) is 22.4 Å². The van der Waals surface area contributed by atoms with Gasteiger partial charge in [0.1, 0.15) is 5.75 Å². The second kappa shape index (κ2) is 8.01. The summed E-state index contributed by atoms with van der Waals surface area (Å²) < 4.78 is 54.9. The van der Waals surface area contributed by atoms with Gasteiger partial charge in [0.25, 0.3) is 5.91 Å². The highest BCUT2D eigenvalue weighted by Gasteiger charge is 2.44. The Morgan fingerprint density at radius 2 is 1.84 bits per heavy atom. The highest BCUT2D eigenvalue weighted by molar-refractivity contribution is 5.96. The van der Waals surface area contributed by atoms with Gasteiger partial charge in [-0.25, -0.2) is 0 Å². The van der Waals surface area contributed by atoms with Crippen molar-refractivity contribution in [1.29, 1.82) is 0 Å². The first kappa shape index (κ1) is 19.5. The molecule has 1 heterocycles. The largest absolute Gasteiger partial charge is 0.461 e. The molecule has 2 atom stereocenters. The molecule has 2 unspecified atom stereocenters. The van der Waals surface area contributed by atoms with Crippen LogP contribution in [-0.2, 0) is 0 Å². The topological polar surface area (TPSA) is 62.4 Å². The molecular weight excluding hydrogens is 342 g/mol. The number of amides is 1. The summed E-state index contributed by atoms with van der Waals surface area (Å²) in [6.45, 7) is 4.35. The molecule has 1 aromatic rings. The van der Waals surface area contributed by atoms with Crippen molar-refractivity contribution in [1.82, 2.24) is 16.2 Å². The van der Waals surface area contributed by atoms with Gasteiger partial charge < -0.3 is 10.1 Å². The van der Waals surface area contributed by atoms with Gasteiger partial charge in [0.2, 0.25) is 0 Å². The number of carbonyl (C=O) groups is 1. The molecule has 1 aromatic carbocycles. The number of hydrazine groups is 1. The summed E-state index contributed by atoms with van der Waals surface area (Å²) in [6.07, 6.45) is -7.99. The van der Waals surface area contributed by atoms with Crippen molar-refractivity contribution in [3.63, 3.8) is 0 Å². The molecule has 140 valence electrons. The number of benzene rings is 1. The van der Waals surface area contributed by atoms with Crippen LogP contribution in [0.1, 0.15) is 30.6 Å². The van der Waals surface area contributed by atoms with Gasteiger partial charge in [-0.2, -0.15) is 17.6 Å². The first-order valence-corrected chi connectivity index (χ1v) is 7.95. The van der Waals surface area contributed by atoms with Gasteiger partial charge in [0.05, 0.1) is 5.56 Å². The second-order valence-electron chi connectivity index (χ2n) is 6.04. The van der Waals surface area contributed by atoms with E-state index >= 15 is 0 Å². The zero-order valence-electron chi connectivity index (χ0n) is 13.9. The van der Waals surface area contributed by atoms with E-state index in [-0.39, 0.29) is 23.6 Å². The Morgan fingerprint density at radius 1 is 1.24 bits per heavy atom. The lowest BCUT2D eigenvalue weighted by Gasteiger charge is -2.20. The predicted molar refractivity (Wildman–Crippen MR) is 83.7 cm³/mol. The maximum Gasteiger partial charge on any atom is 0.461 e. The van der Waals surface area contributed by atoms with Gasteiger partial charge in [-0.3, -0.25) is 15.6 Å². The Hall–Kier alpha value is -1.87. The molecule has 0 saturated carbocycles. The van der Waals surface area contributed by atoms with E-state index in [1.54, 1.807) is 0 Å². The number of para-hydroxylation sites is 1. The Labute approximate surface area is 143 Å². The van der Waals surface area contributed by atoms with Gasteiger partial charge >= 0.3 is 12.5 Å². The fraction of sp³-hybridized carbons (Fsp3) is 0.562. The average molecular weight is 363 g/mol. The van der Waals surface area contributed by atoms with Crippen molar-refractivity contribution in [3.05, 3.63) is 29.8 Å². The van der Waals surface area contributed by atoms with Gasteiger partial charge in [-0.15, -0.1) is 0 Å². The minimum atomic E-state index is -4.66. The SMILES string of the molecule is CC1NNC(C)C1CCNC(=O)c1ccccc1OC(F)(F)C(F)F. The van der Waals surface area contributed by atoms with Crippen LogP contribution >= 0.6 is 0 Å². The third-order valence-corrected chi connectivity index (χ3v) is 4.22. The normalized spacial score (nSPS) is 23.7. The first-order chi connectivity index (χ1) is 11.7. The second-order valence-corrected chi connectivity index (χ2v) is 6.04. The summed E-state index contributed by atoms with van der Waals surface area (Å²) in [4.78, 5) is 12.2. The predicted octanol–water partition coefficient (Wildman–Crippen LogP) is 2.54. The maximum absolute atomic E-state index is 13.1. The molecule has 5 nitrogen and oxygen atoms in total. The van der Waals surface area contributed by atoms with Crippen LogP contribution < -0.4 is 20.9 Å². The van der Waals surface area contributed by atoms with Crippen molar-refractivity contribution in [2.75, 3.05) is 6.54 Å². The number of alkyl halides is 4. The van der Waals surface area contributed by atoms with Crippen LogP contribution in [0.2, 0.25) is 0 Å². The van der Waals surface area contributed by atoms with E-state index in [1.807, 2.05) is 13.8 Å². The molecule has 0 spiro atoms. The quantitative estimate of drug-likeness (QED) is 0.652. The average Bonchev–Trinajstić information content (AvgIpc) is 2.86. The summed E-state index contributed by atoms with van der Waals surface area (Å²) in [7, 11) is 0. The molecular formula is C16H21F4N3O2. The first-order valence-electron chi connectivity index (χ1n) is 7.95. The highest BCUT2D eigenvalue weighted by atomic mass is 19.3. The third kappa shape index (κ3) is 4.82. The summed E-state index contributed by atoms with van der Waals surface area (Å²) in [5, 5.41) is 2.62. The zero-order valence-corrected chi connectivity index (χ0v) is 13.9. The van der Waals surface area contributed by atoms with Crippen molar-refractivity contribution in [2.45, 2.75) is 44.9 Å². The van der Waals surface area contributed by atoms with Crippen LogP contribution in [0.5, 0.6) is 5.75 Å². The lowest BCUT2D eigenvalue weighted by molar-refractivity contribution is -0.253. The van der Waals surface area contributed by atoms with E-state index in [4.69, 9.17) is 0 Å². The van der Waals surface area contributed by atoms with Crippen LogP contribution in [-0.4, -0.2) is 37.1 Å². The molecule has 3 N–H and O–H groups in total. The van der Waals surface area contributed by atoms with E-state index in [0.717, 1.165) is 6.07 Å². The molecule has 2 rings (SSSR count). The van der Waals surface area contributed by atoms with Crippen molar-refractivity contribution < 1.29 is 27.1 Å². The minimum Gasteiger partial charge on any atom is -0.427 e. The fourth-order valence-electron chi connectivity index (χ4n) is 2.79. The molecule has 25 heavy (non-hydrogen) atoms. The maximum atomic E-state index is 13.1. The number of hydrogen-bond donors (Lipinski definition) is 3. The lowest BCUT2D eigenvalue weighted by Crippen LogP contribution is -2.35. The Bertz CT molecular complexity index is 590. The van der Waals surface area contributed by atoms with Gasteiger partial charge in [-0.05, 0) is 38.3 Å². The van der Waals surface area contributed by atoms with Crippen LogP contribution in [0, 0.1) is 5.92 Å². The van der Waals surface area contributed by atoms with Gasteiger partial charge in [-0.1, -0.05) is 12.1 Å². The van der Waals surface area contributed by atoms with Crippen LogP contribution in [0.3, 0.4) is 0 Å². The molecule has 1 saturated heterocycles. The van der Waals surface area contributed by atoms with Crippen LogP contribution in [0.4, 0.5) is 17.6 Å². The molecule has 0 radical (unpaired) electrons. The standard InChI is InChI=1S/C16H21F4N3O2/c1-9-11(10(2)23-22-9)7-8-21-14(24)12-5-3-4-6-13(12)25-16(19,20)15(17)18/h3-6,9-11,15,22-23H,7-8H2,1-2H3,(H,21,24). The molecule has 0 aromatic heterocycles. The zero-order chi connectivity index (χ0) is 18.6. The molecule has 1 amide bonds. The summed E-state index contributed by atoms with van der Waals surface area (Å²) in [5.74, 6) is -0.953. The highest BCUT2D eigenvalue weighted by Crippen LogP contribution is 2.29. The summed E-state index contributed by atoms with van der Waals surface area (Å²) in [5.41, 5.74) is 5.98. The number of ether oxygens (including phenoxy) is 1. The van der Waals surface area contributed by atoms with Crippen LogP contribution in [0.25, 0.3) is 0 Å². The molecule has 1 aliphatic rings. The Morgan fingerprint density at radius 3 is 2.44 bits per heavy atom. The van der Waals surface area contributed by atoms with Crippen LogP contribution in [0.15, 0.2) is 24.3 Å². The van der Waals surface area contributed by atoms with Crippen molar-refractivity contribution >= 4 is 5.91 Å². The number of rotatable bonds is 7. The summed E-state index contributed by atoms with van der Waals surface area (Å²) in [6, 6.07) is 5.53. The smallest absolute Gasteiger partial charge is 0.427 e. The summed E-state index contributed by atoms with van der Waals surface area (Å²) >= 11 is 0. The number of carbonyl (C=O) groups excluding carboxylic acids is 1. The van der Waals surface area contributed by atoms with Gasteiger partial charge in [0, 0.05) is 18.6 Å². The van der Waals surface area contributed by atoms with Crippen molar-refractivity contribution in [3.8, 4) is 5.75 Å². The Kier molecular flexibility index (Phi) is 6.23. The van der Waals surface area contributed by atoms with Gasteiger partial charge in [0.15, 0.2) is 0 Å². The van der Waals surface area contributed by atoms with E-state index in [1.165, 1.54) is 18.2 Å². The molecule has 1 aliphatic heterocycles. The number of nitrogens with one attached hydrogen (secondary N) is 3. The van der Waals surface area contributed by atoms with Crippen molar-refractivity contribution in [2.24, 2.45) is 5.92 Å². The fourth-order valence-corrected chi connectivity index (χ4v) is 2.79. The lowest BCUT2D eigenvalue weighted by atomic mass is 9.93. The van der Waals surface area contributed by atoms with E-state index in [2.05, 4.69) is 20.9 Å². The molecule has 0 aliphatic carbocycles.